The average molecular weight is 394 g/mol. The van der Waals surface area contributed by atoms with E-state index in [1.54, 1.807) is 30.3 Å². The van der Waals surface area contributed by atoms with Gasteiger partial charge in [0.25, 0.3) is 0 Å². The van der Waals surface area contributed by atoms with Crippen LogP contribution < -0.4 is 10.2 Å². The van der Waals surface area contributed by atoms with E-state index in [1.807, 2.05) is 24.3 Å². The summed E-state index contributed by atoms with van der Waals surface area (Å²) in [6.45, 7) is 2.98. The number of nitrogens with one attached hydrogen (secondary N) is 1. The zero-order valence-corrected chi connectivity index (χ0v) is 16.1. The molecule has 0 atom stereocenters. The number of carbonyl (C=O) groups is 1. The predicted octanol–water partition coefficient (Wildman–Crippen LogP) is 4.49. The Morgan fingerprint density at radius 3 is 2.59 bits per heavy atom. The van der Waals surface area contributed by atoms with Crippen molar-refractivity contribution < 1.29 is 18.3 Å². The Morgan fingerprint density at radius 1 is 1.00 bits per heavy atom. The lowest BCUT2D eigenvalue weighted by Gasteiger charge is -2.30. The number of nitrogens with zero attached hydrogens (tertiary/aromatic N) is 1. The highest BCUT2D eigenvalue weighted by Gasteiger charge is 2.16. The summed E-state index contributed by atoms with van der Waals surface area (Å²) in [6.07, 6.45) is 0.724. The molecule has 2 heterocycles. The number of amides is 1. The van der Waals surface area contributed by atoms with Crippen LogP contribution >= 0.6 is 0 Å². The summed E-state index contributed by atoms with van der Waals surface area (Å²) in [6, 6.07) is 17.8. The van der Waals surface area contributed by atoms with Crippen molar-refractivity contribution in [2.75, 3.05) is 36.5 Å². The molecular formula is C23H23FN2O3. The number of aryl methyl sites for hydroxylation is 1. The van der Waals surface area contributed by atoms with Crippen LogP contribution in [-0.2, 0) is 16.0 Å². The van der Waals surface area contributed by atoms with Gasteiger partial charge in [-0.05, 0) is 36.4 Å². The maximum Gasteiger partial charge on any atom is 0.224 e. The number of para-hydroxylation sites is 2. The zero-order chi connectivity index (χ0) is 20.1. The van der Waals surface area contributed by atoms with Crippen molar-refractivity contribution in [1.82, 2.24) is 0 Å². The van der Waals surface area contributed by atoms with Crippen LogP contribution in [0.2, 0.25) is 0 Å². The lowest BCUT2D eigenvalue weighted by molar-refractivity contribution is -0.116. The lowest BCUT2D eigenvalue weighted by atomic mass is 10.1. The smallest absolute Gasteiger partial charge is 0.224 e. The predicted molar refractivity (Wildman–Crippen MR) is 111 cm³/mol. The molecule has 1 aliphatic rings. The Hall–Kier alpha value is -3.12. The fraction of sp³-hybridized carbons (Fsp3) is 0.261. The van der Waals surface area contributed by atoms with Crippen LogP contribution in [-0.4, -0.2) is 32.2 Å². The largest absolute Gasteiger partial charge is 0.461 e. The molecule has 0 unspecified atom stereocenters. The van der Waals surface area contributed by atoms with Gasteiger partial charge >= 0.3 is 0 Å². The molecule has 0 radical (unpaired) electrons. The molecule has 1 saturated heterocycles. The molecule has 4 rings (SSSR count). The van der Waals surface area contributed by atoms with Crippen LogP contribution in [0.3, 0.4) is 0 Å². The summed E-state index contributed by atoms with van der Waals surface area (Å²) in [5, 5.41) is 3.00. The Labute approximate surface area is 169 Å². The zero-order valence-electron chi connectivity index (χ0n) is 16.1. The van der Waals surface area contributed by atoms with Crippen LogP contribution in [0.15, 0.2) is 65.1 Å². The number of hydrogen-bond donors (Lipinski definition) is 1. The number of morpholine rings is 1. The van der Waals surface area contributed by atoms with Gasteiger partial charge in [0.15, 0.2) is 0 Å². The number of carbonyl (C=O) groups excluding carboxylic acids is 1. The summed E-state index contributed by atoms with van der Waals surface area (Å²) in [4.78, 5) is 14.7. The van der Waals surface area contributed by atoms with E-state index in [2.05, 4.69) is 10.2 Å². The Bertz CT molecular complexity index is 980. The summed E-state index contributed by atoms with van der Waals surface area (Å²) >= 11 is 0. The first kappa shape index (κ1) is 19.2. The first-order valence-corrected chi connectivity index (χ1v) is 9.76. The van der Waals surface area contributed by atoms with Crippen molar-refractivity contribution in [3.63, 3.8) is 0 Å². The van der Waals surface area contributed by atoms with Crippen LogP contribution in [0.4, 0.5) is 15.8 Å². The summed E-state index contributed by atoms with van der Waals surface area (Å²) in [5.41, 5.74) is 2.22. The minimum absolute atomic E-state index is 0.0884. The van der Waals surface area contributed by atoms with Gasteiger partial charge in [-0.3, -0.25) is 4.79 Å². The number of ether oxygens (including phenoxy) is 1. The number of rotatable bonds is 6. The molecule has 1 N–H and O–H groups in total. The Kier molecular flexibility index (Phi) is 5.91. The van der Waals surface area contributed by atoms with Gasteiger partial charge in [-0.1, -0.05) is 24.3 Å². The van der Waals surface area contributed by atoms with E-state index in [1.165, 1.54) is 6.07 Å². The van der Waals surface area contributed by atoms with E-state index >= 15 is 0 Å². The molecule has 0 aliphatic carbocycles. The van der Waals surface area contributed by atoms with Crippen LogP contribution in [0, 0.1) is 5.82 Å². The fourth-order valence-corrected chi connectivity index (χ4v) is 3.43. The quantitative estimate of drug-likeness (QED) is 0.669. The third-order valence-electron chi connectivity index (χ3n) is 4.93. The second kappa shape index (κ2) is 8.92. The molecule has 6 heteroatoms. The molecule has 1 fully saturated rings. The van der Waals surface area contributed by atoms with Crippen molar-refractivity contribution in [3.8, 4) is 11.3 Å². The summed E-state index contributed by atoms with van der Waals surface area (Å²) < 4.78 is 25.0. The molecule has 1 aliphatic heterocycles. The van der Waals surface area contributed by atoms with Gasteiger partial charge < -0.3 is 19.4 Å². The highest BCUT2D eigenvalue weighted by atomic mass is 19.1. The van der Waals surface area contributed by atoms with E-state index in [9.17, 15) is 9.18 Å². The monoisotopic (exact) mass is 394 g/mol. The van der Waals surface area contributed by atoms with E-state index in [0.717, 1.165) is 24.5 Å². The van der Waals surface area contributed by atoms with Crippen molar-refractivity contribution >= 4 is 17.3 Å². The van der Waals surface area contributed by atoms with Gasteiger partial charge in [-0.2, -0.15) is 0 Å². The van der Waals surface area contributed by atoms with E-state index in [-0.39, 0.29) is 18.1 Å². The topological polar surface area (TPSA) is 54.7 Å². The van der Waals surface area contributed by atoms with Crippen LogP contribution in [0.1, 0.15) is 12.2 Å². The third-order valence-corrected chi connectivity index (χ3v) is 4.93. The van der Waals surface area contributed by atoms with E-state index in [4.69, 9.17) is 9.15 Å². The Balaban J connectivity index is 1.37. The van der Waals surface area contributed by atoms with Gasteiger partial charge in [0.2, 0.25) is 5.91 Å². The summed E-state index contributed by atoms with van der Waals surface area (Å²) in [5.74, 6) is 0.705. The average Bonchev–Trinajstić information content (AvgIpc) is 3.22. The number of halogens is 1. The molecule has 0 saturated carbocycles. The summed E-state index contributed by atoms with van der Waals surface area (Å²) in [7, 11) is 0. The molecule has 0 bridgehead atoms. The molecule has 1 amide bonds. The molecule has 0 spiro atoms. The lowest BCUT2D eigenvalue weighted by Crippen LogP contribution is -2.36. The van der Waals surface area contributed by atoms with Crippen LogP contribution in [0.5, 0.6) is 0 Å². The SMILES string of the molecule is O=C(CCc1ccc(-c2ccccc2F)o1)Nc1ccccc1N1CCOCC1. The highest BCUT2D eigenvalue weighted by molar-refractivity contribution is 5.94. The molecule has 2 aromatic carbocycles. The number of anilines is 2. The second-order valence-corrected chi connectivity index (χ2v) is 6.91. The molecule has 1 aromatic heterocycles. The van der Waals surface area contributed by atoms with Crippen molar-refractivity contribution in [2.24, 2.45) is 0 Å². The third kappa shape index (κ3) is 4.66. The van der Waals surface area contributed by atoms with Gasteiger partial charge in [-0.25, -0.2) is 4.39 Å². The number of furan rings is 1. The number of hydrogen-bond acceptors (Lipinski definition) is 4. The molecule has 29 heavy (non-hydrogen) atoms. The van der Waals surface area contributed by atoms with Gasteiger partial charge in [0, 0.05) is 25.9 Å². The highest BCUT2D eigenvalue weighted by Crippen LogP contribution is 2.27. The minimum atomic E-state index is -0.328. The van der Waals surface area contributed by atoms with E-state index in [0.29, 0.717) is 36.7 Å². The van der Waals surface area contributed by atoms with Crippen molar-refractivity contribution in [2.45, 2.75) is 12.8 Å². The first-order chi connectivity index (χ1) is 14.2. The normalized spacial score (nSPS) is 14.0. The first-order valence-electron chi connectivity index (χ1n) is 9.76. The second-order valence-electron chi connectivity index (χ2n) is 6.91. The maximum atomic E-state index is 13.9. The number of benzene rings is 2. The van der Waals surface area contributed by atoms with Crippen molar-refractivity contribution in [3.05, 3.63) is 72.2 Å². The molecular weight excluding hydrogens is 371 g/mol. The van der Waals surface area contributed by atoms with E-state index < -0.39 is 0 Å². The fourth-order valence-electron chi connectivity index (χ4n) is 3.43. The van der Waals surface area contributed by atoms with Gasteiger partial charge in [0.1, 0.15) is 17.3 Å². The van der Waals surface area contributed by atoms with Crippen molar-refractivity contribution in [1.29, 1.82) is 0 Å². The minimum Gasteiger partial charge on any atom is -0.461 e. The standard InChI is InChI=1S/C23H23FN2O3/c24-19-6-2-1-5-18(19)22-11-9-17(29-22)10-12-23(27)25-20-7-3-4-8-21(20)26-13-15-28-16-14-26/h1-9,11H,10,12-16H2,(H,25,27). The molecule has 3 aromatic rings. The Morgan fingerprint density at radius 2 is 1.76 bits per heavy atom. The maximum absolute atomic E-state index is 13.9. The molecule has 5 nitrogen and oxygen atoms in total. The van der Waals surface area contributed by atoms with Gasteiger partial charge in [-0.15, -0.1) is 0 Å². The molecule has 150 valence electrons. The van der Waals surface area contributed by atoms with Gasteiger partial charge in [0.05, 0.1) is 30.2 Å². The van der Waals surface area contributed by atoms with Crippen LogP contribution in [0.25, 0.3) is 11.3 Å².